The largest absolute Gasteiger partial charge is 0.329 e. The molecule has 0 bridgehead atoms. The van der Waals surface area contributed by atoms with Gasteiger partial charge in [-0.25, -0.2) is 0 Å². The molecule has 2 fully saturated rings. The molecule has 2 heterocycles. The van der Waals surface area contributed by atoms with E-state index in [1.54, 1.807) is 0 Å². The van der Waals surface area contributed by atoms with E-state index >= 15 is 0 Å². The first-order valence-electron chi connectivity index (χ1n) is 7.37. The third kappa shape index (κ3) is 2.83. The Balaban J connectivity index is 1.93. The smallest absolute Gasteiger partial charge is 0.0356 e. The standard InChI is InChI=1S/C14H29N3/c1-3-7-16-9-5-14(12-15,6-10-16)17-8-4-13(2)11-17/h13H,3-12,15H2,1-2H3. The lowest BCUT2D eigenvalue weighted by atomic mass is 9.85. The van der Waals surface area contributed by atoms with Crippen LogP contribution < -0.4 is 5.73 Å². The van der Waals surface area contributed by atoms with Gasteiger partial charge < -0.3 is 10.6 Å². The first-order chi connectivity index (χ1) is 8.20. The van der Waals surface area contributed by atoms with Gasteiger partial charge >= 0.3 is 0 Å². The van der Waals surface area contributed by atoms with Crippen molar-refractivity contribution < 1.29 is 0 Å². The fourth-order valence-electron chi connectivity index (χ4n) is 3.52. The number of rotatable bonds is 4. The Morgan fingerprint density at radius 3 is 2.41 bits per heavy atom. The summed E-state index contributed by atoms with van der Waals surface area (Å²) in [5.74, 6) is 0.868. The summed E-state index contributed by atoms with van der Waals surface area (Å²) in [6, 6.07) is 0. The first kappa shape index (κ1) is 13.3. The van der Waals surface area contributed by atoms with Gasteiger partial charge in [0.2, 0.25) is 0 Å². The fourth-order valence-corrected chi connectivity index (χ4v) is 3.52. The number of hydrogen-bond donors (Lipinski definition) is 1. The Hall–Kier alpha value is -0.120. The van der Waals surface area contributed by atoms with Crippen LogP contribution in [0.3, 0.4) is 0 Å². The van der Waals surface area contributed by atoms with Gasteiger partial charge in [-0.1, -0.05) is 13.8 Å². The van der Waals surface area contributed by atoms with Crippen molar-refractivity contribution in [3.8, 4) is 0 Å². The summed E-state index contributed by atoms with van der Waals surface area (Å²) in [5.41, 5.74) is 6.45. The van der Waals surface area contributed by atoms with Gasteiger partial charge in [0, 0.05) is 18.6 Å². The third-order valence-corrected chi connectivity index (χ3v) is 4.80. The summed E-state index contributed by atoms with van der Waals surface area (Å²) in [7, 11) is 0. The van der Waals surface area contributed by atoms with E-state index in [1.165, 1.54) is 58.4 Å². The third-order valence-electron chi connectivity index (χ3n) is 4.80. The van der Waals surface area contributed by atoms with Gasteiger partial charge in [0.1, 0.15) is 0 Å². The second-order valence-corrected chi connectivity index (χ2v) is 6.11. The van der Waals surface area contributed by atoms with Crippen LogP contribution in [0.25, 0.3) is 0 Å². The molecule has 0 aromatic heterocycles. The molecule has 0 radical (unpaired) electrons. The van der Waals surface area contributed by atoms with Gasteiger partial charge in [0.05, 0.1) is 0 Å². The minimum atomic E-state index is 0.328. The number of nitrogens with two attached hydrogens (primary N) is 1. The topological polar surface area (TPSA) is 32.5 Å². The maximum Gasteiger partial charge on any atom is 0.0356 e. The Kier molecular flexibility index (Phi) is 4.45. The van der Waals surface area contributed by atoms with Crippen molar-refractivity contribution in [2.24, 2.45) is 11.7 Å². The predicted molar refractivity (Wildman–Crippen MR) is 73.1 cm³/mol. The lowest BCUT2D eigenvalue weighted by molar-refractivity contribution is 0.0415. The Morgan fingerprint density at radius 1 is 1.24 bits per heavy atom. The fraction of sp³-hybridized carbons (Fsp3) is 1.00. The minimum Gasteiger partial charge on any atom is -0.329 e. The van der Waals surface area contributed by atoms with Crippen LogP contribution in [-0.2, 0) is 0 Å². The zero-order valence-corrected chi connectivity index (χ0v) is 11.6. The van der Waals surface area contributed by atoms with E-state index in [-0.39, 0.29) is 0 Å². The molecule has 1 unspecified atom stereocenters. The maximum absolute atomic E-state index is 6.12. The van der Waals surface area contributed by atoms with Gasteiger partial charge in [0.15, 0.2) is 0 Å². The summed E-state index contributed by atoms with van der Waals surface area (Å²) >= 11 is 0. The Labute approximate surface area is 106 Å². The summed E-state index contributed by atoms with van der Waals surface area (Å²) in [5, 5.41) is 0. The Morgan fingerprint density at radius 2 is 1.94 bits per heavy atom. The van der Waals surface area contributed by atoms with Crippen molar-refractivity contribution in [3.63, 3.8) is 0 Å². The molecule has 0 aromatic rings. The molecule has 0 saturated carbocycles. The average molecular weight is 239 g/mol. The monoisotopic (exact) mass is 239 g/mol. The molecule has 2 N–H and O–H groups in total. The lowest BCUT2D eigenvalue weighted by Crippen LogP contribution is -2.58. The quantitative estimate of drug-likeness (QED) is 0.807. The number of nitrogens with zero attached hydrogens (tertiary/aromatic N) is 2. The first-order valence-corrected chi connectivity index (χ1v) is 7.37. The minimum absolute atomic E-state index is 0.328. The van der Waals surface area contributed by atoms with Crippen LogP contribution >= 0.6 is 0 Å². The van der Waals surface area contributed by atoms with Crippen molar-refractivity contribution in [1.82, 2.24) is 9.80 Å². The lowest BCUT2D eigenvalue weighted by Gasteiger charge is -2.47. The van der Waals surface area contributed by atoms with Crippen molar-refractivity contribution >= 4 is 0 Å². The van der Waals surface area contributed by atoms with E-state index in [2.05, 4.69) is 23.6 Å². The molecule has 0 aromatic carbocycles. The molecule has 0 spiro atoms. The van der Waals surface area contributed by atoms with Crippen LogP contribution in [0.4, 0.5) is 0 Å². The van der Waals surface area contributed by atoms with Crippen molar-refractivity contribution in [2.45, 2.75) is 45.1 Å². The average Bonchev–Trinajstić information content (AvgIpc) is 2.78. The van der Waals surface area contributed by atoms with Gasteiger partial charge in [-0.3, -0.25) is 4.90 Å². The van der Waals surface area contributed by atoms with Crippen LogP contribution in [0.1, 0.15) is 39.5 Å². The van der Waals surface area contributed by atoms with E-state index in [0.717, 1.165) is 12.5 Å². The van der Waals surface area contributed by atoms with Gasteiger partial charge in [-0.15, -0.1) is 0 Å². The van der Waals surface area contributed by atoms with Crippen molar-refractivity contribution in [2.75, 3.05) is 39.3 Å². The van der Waals surface area contributed by atoms with Gasteiger partial charge in [-0.2, -0.15) is 0 Å². The van der Waals surface area contributed by atoms with E-state index in [4.69, 9.17) is 5.73 Å². The second-order valence-electron chi connectivity index (χ2n) is 6.11. The normalized spacial score (nSPS) is 30.9. The highest BCUT2D eigenvalue weighted by Gasteiger charge is 2.40. The van der Waals surface area contributed by atoms with Crippen LogP contribution in [-0.4, -0.2) is 54.6 Å². The van der Waals surface area contributed by atoms with Crippen LogP contribution in [0.5, 0.6) is 0 Å². The second kappa shape index (κ2) is 5.68. The molecular formula is C14H29N3. The highest BCUT2D eigenvalue weighted by atomic mass is 15.3. The Bertz CT molecular complexity index is 234. The van der Waals surface area contributed by atoms with E-state index < -0.39 is 0 Å². The highest BCUT2D eigenvalue weighted by molar-refractivity contribution is 4.98. The molecule has 2 aliphatic rings. The summed E-state index contributed by atoms with van der Waals surface area (Å²) in [4.78, 5) is 5.30. The summed E-state index contributed by atoms with van der Waals surface area (Å²) < 4.78 is 0. The van der Waals surface area contributed by atoms with E-state index in [9.17, 15) is 0 Å². The van der Waals surface area contributed by atoms with Crippen LogP contribution in [0, 0.1) is 5.92 Å². The van der Waals surface area contributed by atoms with E-state index in [1.807, 2.05) is 0 Å². The molecule has 0 amide bonds. The van der Waals surface area contributed by atoms with Gasteiger partial charge in [-0.05, 0) is 57.8 Å². The molecular weight excluding hydrogens is 210 g/mol. The van der Waals surface area contributed by atoms with Crippen LogP contribution in [0.15, 0.2) is 0 Å². The zero-order chi connectivity index (χ0) is 12.3. The molecule has 100 valence electrons. The van der Waals surface area contributed by atoms with Crippen LogP contribution in [0.2, 0.25) is 0 Å². The molecule has 17 heavy (non-hydrogen) atoms. The molecule has 2 rings (SSSR count). The van der Waals surface area contributed by atoms with E-state index in [0.29, 0.717) is 5.54 Å². The number of likely N-dealkylation sites (tertiary alicyclic amines) is 2. The molecule has 3 heteroatoms. The molecule has 1 atom stereocenters. The predicted octanol–water partition coefficient (Wildman–Crippen LogP) is 1.53. The summed E-state index contributed by atoms with van der Waals surface area (Å²) in [6.45, 7) is 11.8. The molecule has 0 aliphatic carbocycles. The van der Waals surface area contributed by atoms with Gasteiger partial charge in [0.25, 0.3) is 0 Å². The number of piperidine rings is 1. The van der Waals surface area contributed by atoms with Crippen molar-refractivity contribution in [1.29, 1.82) is 0 Å². The molecule has 2 aliphatic heterocycles. The molecule has 2 saturated heterocycles. The maximum atomic E-state index is 6.12. The number of hydrogen-bond acceptors (Lipinski definition) is 3. The SMILES string of the molecule is CCCN1CCC(CN)(N2CCC(C)C2)CC1. The molecule has 3 nitrogen and oxygen atoms in total. The summed E-state index contributed by atoms with van der Waals surface area (Å²) in [6.07, 6.45) is 5.18. The highest BCUT2D eigenvalue weighted by Crippen LogP contribution is 2.32. The zero-order valence-electron chi connectivity index (χ0n) is 11.6. The van der Waals surface area contributed by atoms with Crippen molar-refractivity contribution in [3.05, 3.63) is 0 Å².